The zero-order valence-corrected chi connectivity index (χ0v) is 16.3. The largest absolute Gasteiger partial charge is 0.494 e. The normalized spacial score (nSPS) is 10.9. The predicted octanol–water partition coefficient (Wildman–Crippen LogP) is 4.45. The number of thiazole rings is 1. The molecule has 0 spiro atoms. The molecular formula is C21H20N4O2S. The Balaban J connectivity index is 1.36. The highest BCUT2D eigenvalue weighted by molar-refractivity contribution is 7.22. The molecule has 0 bridgehead atoms. The van der Waals surface area contributed by atoms with E-state index in [1.807, 2.05) is 66.3 Å². The quantitative estimate of drug-likeness (QED) is 0.504. The molecule has 142 valence electrons. The number of rotatable bonds is 7. The topological polar surface area (TPSA) is 69.0 Å². The van der Waals surface area contributed by atoms with Gasteiger partial charge in [-0.2, -0.15) is 5.10 Å². The van der Waals surface area contributed by atoms with Gasteiger partial charge in [0.1, 0.15) is 5.75 Å². The zero-order chi connectivity index (χ0) is 19.3. The molecule has 2 heterocycles. The molecule has 4 rings (SSSR count). The summed E-state index contributed by atoms with van der Waals surface area (Å²) in [7, 11) is 0. The summed E-state index contributed by atoms with van der Waals surface area (Å²) in [6, 6.07) is 15.6. The van der Waals surface area contributed by atoms with Gasteiger partial charge in [-0.15, -0.1) is 0 Å². The van der Waals surface area contributed by atoms with Crippen LogP contribution in [0.25, 0.3) is 15.9 Å². The van der Waals surface area contributed by atoms with Crippen LogP contribution in [0.2, 0.25) is 0 Å². The number of carbonyl (C=O) groups is 1. The fourth-order valence-corrected chi connectivity index (χ4v) is 3.78. The number of carbonyl (C=O) groups excluding carboxylic acids is 1. The van der Waals surface area contributed by atoms with Gasteiger partial charge in [-0.05, 0) is 49.2 Å². The second-order valence-electron chi connectivity index (χ2n) is 6.26. The molecule has 28 heavy (non-hydrogen) atoms. The van der Waals surface area contributed by atoms with Gasteiger partial charge in [-0.1, -0.05) is 29.5 Å². The highest BCUT2D eigenvalue weighted by atomic mass is 32.1. The van der Waals surface area contributed by atoms with Gasteiger partial charge in [0.2, 0.25) is 5.91 Å². The lowest BCUT2D eigenvalue weighted by atomic mass is 10.2. The van der Waals surface area contributed by atoms with Crippen molar-refractivity contribution < 1.29 is 9.53 Å². The van der Waals surface area contributed by atoms with Crippen molar-refractivity contribution in [3.8, 4) is 11.4 Å². The molecule has 2 aromatic heterocycles. The number of para-hydroxylation sites is 1. The van der Waals surface area contributed by atoms with Gasteiger partial charge in [0, 0.05) is 12.6 Å². The summed E-state index contributed by atoms with van der Waals surface area (Å²) in [5.41, 5.74) is 2.87. The van der Waals surface area contributed by atoms with Crippen molar-refractivity contribution in [3.05, 3.63) is 66.5 Å². The first-order valence-electron chi connectivity index (χ1n) is 9.13. The number of amides is 1. The summed E-state index contributed by atoms with van der Waals surface area (Å²) in [6.07, 6.45) is 4.75. The number of anilines is 1. The van der Waals surface area contributed by atoms with Gasteiger partial charge in [0.25, 0.3) is 0 Å². The smallest absolute Gasteiger partial charge is 0.226 e. The molecule has 0 saturated heterocycles. The maximum atomic E-state index is 12.3. The van der Waals surface area contributed by atoms with Crippen molar-refractivity contribution in [1.82, 2.24) is 14.8 Å². The van der Waals surface area contributed by atoms with Crippen LogP contribution in [0.15, 0.2) is 60.9 Å². The number of aryl methyl sites for hydroxylation is 1. The summed E-state index contributed by atoms with van der Waals surface area (Å²) in [5, 5.41) is 7.86. The van der Waals surface area contributed by atoms with E-state index in [9.17, 15) is 4.79 Å². The number of nitrogens with zero attached hydrogens (tertiary/aromatic N) is 3. The molecule has 7 heteroatoms. The molecule has 0 radical (unpaired) electrons. The molecule has 6 nitrogen and oxygen atoms in total. The number of aromatic nitrogens is 3. The van der Waals surface area contributed by atoms with E-state index in [1.54, 1.807) is 6.20 Å². The molecule has 2 aromatic carbocycles. The molecule has 1 amide bonds. The lowest BCUT2D eigenvalue weighted by molar-refractivity contribution is -0.116. The molecule has 4 aromatic rings. The van der Waals surface area contributed by atoms with Gasteiger partial charge in [-0.25, -0.2) is 9.67 Å². The monoisotopic (exact) mass is 392 g/mol. The minimum absolute atomic E-state index is 0.0588. The van der Waals surface area contributed by atoms with E-state index < -0.39 is 0 Å². The molecule has 0 atom stereocenters. The Labute approximate surface area is 166 Å². The van der Waals surface area contributed by atoms with Crippen LogP contribution in [0, 0.1) is 0 Å². The van der Waals surface area contributed by atoms with Gasteiger partial charge in [-0.3, -0.25) is 4.79 Å². The Kier molecular flexibility index (Phi) is 5.34. The van der Waals surface area contributed by atoms with Crippen LogP contribution in [0.5, 0.6) is 5.75 Å². The minimum atomic E-state index is -0.0588. The fraction of sp³-hybridized carbons (Fsp3) is 0.190. The summed E-state index contributed by atoms with van der Waals surface area (Å²) < 4.78 is 8.32. The second-order valence-corrected chi connectivity index (χ2v) is 7.29. The molecule has 0 aliphatic carbocycles. The number of hydrogen-bond donors (Lipinski definition) is 1. The lowest BCUT2D eigenvalue weighted by Crippen LogP contribution is -2.11. The maximum absolute atomic E-state index is 12.3. The van der Waals surface area contributed by atoms with E-state index in [1.165, 1.54) is 11.3 Å². The third kappa shape index (κ3) is 4.20. The van der Waals surface area contributed by atoms with Crippen molar-refractivity contribution in [2.24, 2.45) is 0 Å². The number of fused-ring (bicyclic) bond motifs is 1. The first-order chi connectivity index (χ1) is 13.7. The molecular weight excluding hydrogens is 372 g/mol. The second kappa shape index (κ2) is 8.22. The van der Waals surface area contributed by atoms with E-state index in [2.05, 4.69) is 15.4 Å². The average Bonchev–Trinajstić information content (AvgIpc) is 3.33. The van der Waals surface area contributed by atoms with Crippen LogP contribution >= 0.6 is 11.3 Å². The van der Waals surface area contributed by atoms with Crippen LogP contribution in [0.4, 0.5) is 5.13 Å². The van der Waals surface area contributed by atoms with E-state index >= 15 is 0 Å². The van der Waals surface area contributed by atoms with Gasteiger partial charge >= 0.3 is 0 Å². The van der Waals surface area contributed by atoms with Crippen LogP contribution in [0.3, 0.4) is 0 Å². The Morgan fingerprint density at radius 1 is 1.21 bits per heavy atom. The Morgan fingerprint density at radius 2 is 2.07 bits per heavy atom. The number of nitrogens with one attached hydrogen (secondary N) is 1. The van der Waals surface area contributed by atoms with Crippen molar-refractivity contribution in [2.75, 3.05) is 11.9 Å². The molecule has 1 N–H and O–H groups in total. The van der Waals surface area contributed by atoms with E-state index in [0.717, 1.165) is 27.2 Å². The van der Waals surface area contributed by atoms with Gasteiger partial charge in [0.05, 0.1) is 28.7 Å². The first kappa shape index (κ1) is 18.2. The zero-order valence-electron chi connectivity index (χ0n) is 15.5. The Hall–Kier alpha value is -3.19. The molecule has 0 aliphatic heterocycles. The molecule has 0 saturated carbocycles. The van der Waals surface area contributed by atoms with Crippen molar-refractivity contribution in [2.45, 2.75) is 19.8 Å². The summed E-state index contributed by atoms with van der Waals surface area (Å²) in [5.74, 6) is 0.753. The van der Waals surface area contributed by atoms with Gasteiger partial charge < -0.3 is 10.1 Å². The van der Waals surface area contributed by atoms with Crippen molar-refractivity contribution >= 4 is 32.6 Å². The standard InChI is InChI=1S/C21H20N4O2S/c1-2-27-17-9-10-18-19(12-17)28-21(23-18)24-20(26)11-8-15-13-22-25(14-15)16-6-4-3-5-7-16/h3-7,9-10,12-14H,2,8,11H2,1H3,(H,23,24,26). The predicted molar refractivity (Wildman–Crippen MR) is 111 cm³/mol. The van der Waals surface area contributed by atoms with Crippen LogP contribution in [-0.4, -0.2) is 27.3 Å². The highest BCUT2D eigenvalue weighted by Crippen LogP contribution is 2.29. The maximum Gasteiger partial charge on any atom is 0.226 e. The first-order valence-corrected chi connectivity index (χ1v) is 9.95. The van der Waals surface area contributed by atoms with E-state index in [4.69, 9.17) is 4.74 Å². The SMILES string of the molecule is CCOc1ccc2nc(NC(=O)CCc3cnn(-c4ccccc4)c3)sc2c1. The summed E-state index contributed by atoms with van der Waals surface area (Å²) in [6.45, 7) is 2.57. The Bertz CT molecular complexity index is 1090. The molecule has 0 aliphatic rings. The van der Waals surface area contributed by atoms with Crippen LogP contribution in [-0.2, 0) is 11.2 Å². The highest BCUT2D eigenvalue weighted by Gasteiger charge is 2.10. The van der Waals surface area contributed by atoms with Gasteiger partial charge in [0.15, 0.2) is 5.13 Å². The van der Waals surface area contributed by atoms with Crippen LogP contribution < -0.4 is 10.1 Å². The van der Waals surface area contributed by atoms with E-state index in [0.29, 0.717) is 24.6 Å². The minimum Gasteiger partial charge on any atom is -0.494 e. The van der Waals surface area contributed by atoms with Crippen molar-refractivity contribution in [1.29, 1.82) is 0 Å². The molecule has 0 fully saturated rings. The van der Waals surface area contributed by atoms with Crippen molar-refractivity contribution in [3.63, 3.8) is 0 Å². The number of ether oxygens (including phenoxy) is 1. The summed E-state index contributed by atoms with van der Waals surface area (Å²) in [4.78, 5) is 16.8. The van der Waals surface area contributed by atoms with Crippen LogP contribution in [0.1, 0.15) is 18.9 Å². The average molecular weight is 392 g/mol. The number of benzene rings is 2. The third-order valence-corrected chi connectivity index (χ3v) is 5.15. The van der Waals surface area contributed by atoms with E-state index in [-0.39, 0.29) is 5.91 Å². The third-order valence-electron chi connectivity index (χ3n) is 4.21. The number of hydrogen-bond acceptors (Lipinski definition) is 5. The summed E-state index contributed by atoms with van der Waals surface area (Å²) >= 11 is 1.45. The fourth-order valence-electron chi connectivity index (χ4n) is 2.87. The Morgan fingerprint density at radius 3 is 2.89 bits per heavy atom. The lowest BCUT2D eigenvalue weighted by Gasteiger charge is -2.01. The molecule has 0 unspecified atom stereocenters.